The fraction of sp³-hybridized carbons (Fsp3) is 0.318. The number of furan rings is 1. The number of hydrogen-bond donors (Lipinski definition) is 2. The van der Waals surface area contributed by atoms with Crippen molar-refractivity contribution in [1.29, 1.82) is 0 Å². The zero-order chi connectivity index (χ0) is 22.0. The molecular formula is C22H20N2O6S. The average Bonchev–Trinajstić information content (AvgIpc) is 3.07. The Balaban J connectivity index is 1.57. The lowest BCUT2D eigenvalue weighted by atomic mass is 10.0. The van der Waals surface area contributed by atoms with Crippen molar-refractivity contribution in [2.45, 2.75) is 38.1 Å². The Morgan fingerprint density at radius 3 is 2.71 bits per heavy atom. The lowest BCUT2D eigenvalue weighted by Crippen LogP contribution is -2.67. The Morgan fingerprint density at radius 1 is 1.23 bits per heavy atom. The lowest BCUT2D eigenvalue weighted by molar-refractivity contribution is -0.147. The van der Waals surface area contributed by atoms with Crippen LogP contribution >= 0.6 is 11.8 Å². The maximum absolute atomic E-state index is 12.9. The summed E-state index contributed by atoms with van der Waals surface area (Å²) in [4.78, 5) is 37.5. The van der Waals surface area contributed by atoms with E-state index < -0.39 is 17.6 Å². The molecule has 160 valence electrons. The maximum Gasteiger partial charge on any atom is 0.352 e. The molecule has 0 aliphatic carbocycles. The number of carboxylic acid groups (broad SMARTS) is 1. The first-order chi connectivity index (χ1) is 14.8. The van der Waals surface area contributed by atoms with Gasteiger partial charge in [0.15, 0.2) is 0 Å². The number of anilines is 1. The molecule has 0 radical (unpaired) electrons. The molecule has 0 unspecified atom stereocenters. The topological polar surface area (TPSA) is 113 Å². The number of carboxylic acids is 1. The van der Waals surface area contributed by atoms with Crippen molar-refractivity contribution < 1.29 is 23.5 Å². The molecule has 1 amide bonds. The van der Waals surface area contributed by atoms with Crippen molar-refractivity contribution in [3.8, 4) is 0 Å². The summed E-state index contributed by atoms with van der Waals surface area (Å²) in [5.74, 6) is -0.0814. The van der Waals surface area contributed by atoms with Gasteiger partial charge in [-0.1, -0.05) is 13.8 Å². The number of carbonyl (C=O) groups excluding carboxylic acids is 1. The number of carbonyl (C=O) groups is 2. The van der Waals surface area contributed by atoms with Gasteiger partial charge < -0.3 is 19.3 Å². The van der Waals surface area contributed by atoms with Gasteiger partial charge >= 0.3 is 11.6 Å². The molecular weight excluding hydrogens is 420 g/mol. The summed E-state index contributed by atoms with van der Waals surface area (Å²) in [6, 6.07) is 6.04. The number of β-lactam (4-membered cyclic amide) rings is 1. The smallest absolute Gasteiger partial charge is 0.352 e. The normalized spacial score (nSPS) is 21.0. The van der Waals surface area contributed by atoms with E-state index in [1.54, 1.807) is 30.8 Å². The molecule has 2 aliphatic heterocycles. The second-order valence-electron chi connectivity index (χ2n) is 8.10. The van der Waals surface area contributed by atoms with Gasteiger partial charge in [-0.05, 0) is 24.6 Å². The van der Waals surface area contributed by atoms with Crippen molar-refractivity contribution >= 4 is 51.3 Å². The molecule has 0 spiro atoms. The third kappa shape index (κ3) is 2.95. The van der Waals surface area contributed by atoms with Crippen LogP contribution in [0.15, 0.2) is 49.2 Å². The number of nitrogens with one attached hydrogen (secondary N) is 1. The predicted octanol–water partition coefficient (Wildman–Crippen LogP) is 3.72. The number of rotatable bonds is 4. The van der Waals surface area contributed by atoms with Crippen molar-refractivity contribution in [2.75, 3.05) is 11.1 Å². The maximum atomic E-state index is 12.9. The monoisotopic (exact) mass is 440 g/mol. The first-order valence-electron chi connectivity index (χ1n) is 9.91. The van der Waals surface area contributed by atoms with E-state index in [4.69, 9.17) is 8.83 Å². The highest BCUT2D eigenvalue weighted by Crippen LogP contribution is 2.44. The Hall–Kier alpha value is -3.20. The van der Waals surface area contributed by atoms with E-state index in [1.165, 1.54) is 11.0 Å². The van der Waals surface area contributed by atoms with Crippen LogP contribution in [0.4, 0.5) is 5.69 Å². The van der Waals surface area contributed by atoms with Crippen LogP contribution in [0.1, 0.15) is 32.4 Å². The summed E-state index contributed by atoms with van der Waals surface area (Å²) < 4.78 is 11.3. The highest BCUT2D eigenvalue weighted by atomic mass is 32.2. The first kappa shape index (κ1) is 19.7. The van der Waals surface area contributed by atoms with Gasteiger partial charge in [-0.25, -0.2) is 9.59 Å². The minimum absolute atomic E-state index is 0.0343. The van der Waals surface area contributed by atoms with E-state index in [1.807, 2.05) is 19.9 Å². The molecule has 9 heteroatoms. The van der Waals surface area contributed by atoms with Gasteiger partial charge in [-0.3, -0.25) is 9.69 Å². The molecule has 2 N–H and O–H groups in total. The molecule has 1 saturated heterocycles. The highest BCUT2D eigenvalue weighted by molar-refractivity contribution is 8.00. The van der Waals surface area contributed by atoms with Crippen molar-refractivity contribution in [1.82, 2.24) is 4.90 Å². The third-order valence-corrected chi connectivity index (χ3v) is 7.07. The van der Waals surface area contributed by atoms with Gasteiger partial charge in [-0.2, -0.15) is 0 Å². The number of fused-ring (bicyclic) bond motifs is 3. The van der Waals surface area contributed by atoms with Crippen LogP contribution < -0.4 is 10.9 Å². The number of thioether (sulfide) groups is 1. The lowest BCUT2D eigenvalue weighted by Gasteiger charge is -2.49. The molecule has 8 nitrogen and oxygen atoms in total. The van der Waals surface area contributed by atoms with Crippen LogP contribution in [0.25, 0.3) is 21.9 Å². The molecule has 0 bridgehead atoms. The summed E-state index contributed by atoms with van der Waals surface area (Å²) in [6.07, 6.45) is 0. The van der Waals surface area contributed by atoms with Gasteiger partial charge in [0.1, 0.15) is 34.0 Å². The molecule has 4 heterocycles. The molecule has 2 aliphatic rings. The minimum atomic E-state index is -1.08. The molecule has 2 aromatic heterocycles. The molecule has 2 atom stereocenters. The molecule has 0 saturated carbocycles. The largest absolute Gasteiger partial charge is 0.477 e. The van der Waals surface area contributed by atoms with Crippen LogP contribution in [0.2, 0.25) is 0 Å². The van der Waals surface area contributed by atoms with Crippen LogP contribution in [0.3, 0.4) is 0 Å². The van der Waals surface area contributed by atoms with Crippen molar-refractivity contribution in [2.24, 2.45) is 0 Å². The molecule has 1 aromatic carbocycles. The quantitative estimate of drug-likeness (QED) is 0.466. The van der Waals surface area contributed by atoms with Gasteiger partial charge in [-0.15, -0.1) is 11.8 Å². The number of aliphatic carboxylic acids is 1. The zero-order valence-electron chi connectivity index (χ0n) is 17.1. The fourth-order valence-corrected chi connectivity index (χ4v) is 5.46. The standard InChI is InChI=1S/C22H20N2O6S/c1-9(2)19-16(12-6-11-4-5-15(25)29-13(11)7-14(12)30-19)23-17-20(26)24-18(22(27)28)10(3)8-31-21(17)24/h4-7,9,17,21,23H,8H2,1-3H3,(H,27,28)/t17-,21-/m1/s1. The third-order valence-electron chi connectivity index (χ3n) is 5.64. The van der Waals surface area contributed by atoms with Crippen LogP contribution in [-0.2, 0) is 9.59 Å². The van der Waals surface area contributed by atoms with Crippen molar-refractivity contribution in [3.05, 3.63) is 51.7 Å². The summed E-state index contributed by atoms with van der Waals surface area (Å²) in [6.45, 7) is 5.72. The van der Waals surface area contributed by atoms with Crippen molar-refractivity contribution in [3.63, 3.8) is 0 Å². The Kier molecular flexibility index (Phi) is 4.40. The molecule has 1 fully saturated rings. The first-order valence-corrected chi connectivity index (χ1v) is 11.0. The minimum Gasteiger partial charge on any atom is -0.477 e. The summed E-state index contributed by atoms with van der Waals surface area (Å²) in [7, 11) is 0. The van der Waals surface area contributed by atoms with Gasteiger partial charge in [0, 0.05) is 34.6 Å². The number of hydrogen-bond acceptors (Lipinski definition) is 7. The molecule has 5 rings (SSSR count). The van der Waals surface area contributed by atoms with Crippen LogP contribution in [0, 0.1) is 0 Å². The van der Waals surface area contributed by atoms with Crippen LogP contribution in [0.5, 0.6) is 0 Å². The Bertz CT molecular complexity index is 1350. The fourth-order valence-electron chi connectivity index (χ4n) is 4.17. The Labute approximate surface area is 180 Å². The highest BCUT2D eigenvalue weighted by Gasteiger charge is 2.53. The second-order valence-corrected chi connectivity index (χ2v) is 9.21. The predicted molar refractivity (Wildman–Crippen MR) is 117 cm³/mol. The van der Waals surface area contributed by atoms with E-state index in [0.717, 1.165) is 10.8 Å². The van der Waals surface area contributed by atoms with Gasteiger partial charge in [0.2, 0.25) is 0 Å². The average molecular weight is 440 g/mol. The van der Waals surface area contributed by atoms with E-state index in [2.05, 4.69) is 5.32 Å². The number of benzene rings is 1. The summed E-state index contributed by atoms with van der Waals surface area (Å²) >= 11 is 1.54. The van der Waals surface area contributed by atoms with E-state index in [0.29, 0.717) is 33.9 Å². The van der Waals surface area contributed by atoms with E-state index in [9.17, 15) is 19.5 Å². The Morgan fingerprint density at radius 2 is 2.00 bits per heavy atom. The SMILES string of the molecule is CC1=C(C(=O)O)N2C(=O)[C@@H](Nc3c(C(C)C)oc4cc5oc(=O)ccc5cc34)[C@H]2SC1. The molecule has 3 aromatic rings. The summed E-state index contributed by atoms with van der Waals surface area (Å²) in [5.41, 5.74) is 2.01. The van der Waals surface area contributed by atoms with Gasteiger partial charge in [0.05, 0.1) is 5.69 Å². The van der Waals surface area contributed by atoms with Gasteiger partial charge in [0.25, 0.3) is 5.91 Å². The second kappa shape index (κ2) is 6.91. The zero-order valence-corrected chi connectivity index (χ0v) is 17.9. The van der Waals surface area contributed by atoms with E-state index >= 15 is 0 Å². The van der Waals surface area contributed by atoms with E-state index in [-0.39, 0.29) is 22.9 Å². The number of nitrogens with zero attached hydrogens (tertiary/aromatic N) is 1. The van der Waals surface area contributed by atoms with Crippen LogP contribution in [-0.4, -0.2) is 39.1 Å². The molecule has 31 heavy (non-hydrogen) atoms. The number of amides is 1. The summed E-state index contributed by atoms with van der Waals surface area (Å²) in [5, 5.41) is 14.1.